The van der Waals surface area contributed by atoms with Crippen LogP contribution in [0.15, 0.2) is 58.3 Å². The van der Waals surface area contributed by atoms with Crippen LogP contribution in [0, 0.1) is 0 Å². The van der Waals surface area contributed by atoms with E-state index in [0.29, 0.717) is 19.4 Å². The van der Waals surface area contributed by atoms with Gasteiger partial charge in [-0.25, -0.2) is 0 Å². The van der Waals surface area contributed by atoms with Gasteiger partial charge in [-0.3, -0.25) is 0 Å². The molecule has 26 heavy (non-hydrogen) atoms. The van der Waals surface area contributed by atoms with Crippen molar-refractivity contribution in [1.29, 1.82) is 0 Å². The van der Waals surface area contributed by atoms with Crippen LogP contribution in [0.2, 0.25) is 0 Å². The van der Waals surface area contributed by atoms with Gasteiger partial charge in [0.15, 0.2) is 0 Å². The first-order valence-corrected chi connectivity index (χ1v) is 10.3. The molecule has 2 unspecified atom stereocenters. The fraction of sp³-hybridized carbons (Fsp3) is 0.478. The molecule has 3 rings (SSSR count). The first kappa shape index (κ1) is 19.5. The normalized spacial score (nSPS) is 23.8. The zero-order chi connectivity index (χ0) is 18.8. The number of benzene rings is 2. The second-order valence-corrected chi connectivity index (χ2v) is 9.44. The Morgan fingerprint density at radius 2 is 1.85 bits per heavy atom. The highest BCUT2D eigenvalue weighted by Gasteiger charge is 2.36. The van der Waals surface area contributed by atoms with Gasteiger partial charge in [0.05, 0.1) is 18.3 Å². The first-order valence-electron chi connectivity index (χ1n) is 9.53. The predicted octanol–water partition coefficient (Wildman–Crippen LogP) is 5.91. The molecule has 2 aromatic rings. The molecule has 3 heteroatoms. The highest BCUT2D eigenvalue weighted by Crippen LogP contribution is 2.38. The van der Waals surface area contributed by atoms with Crippen LogP contribution < -0.4 is 0 Å². The van der Waals surface area contributed by atoms with Crippen molar-refractivity contribution in [3.8, 4) is 0 Å². The van der Waals surface area contributed by atoms with Gasteiger partial charge in [0.25, 0.3) is 0 Å². The second-order valence-electron chi connectivity index (χ2n) is 8.29. The van der Waals surface area contributed by atoms with E-state index < -0.39 is 5.60 Å². The van der Waals surface area contributed by atoms with E-state index in [-0.39, 0.29) is 11.5 Å². The Hall–Kier alpha value is -1.29. The van der Waals surface area contributed by atoms with Crippen molar-refractivity contribution >= 4 is 11.8 Å². The quantitative estimate of drug-likeness (QED) is 0.725. The number of hydrogen-bond donors (Lipinski definition) is 1. The molecule has 1 fully saturated rings. The van der Waals surface area contributed by atoms with E-state index in [0.717, 1.165) is 12.0 Å². The van der Waals surface area contributed by atoms with Crippen LogP contribution in [0.5, 0.6) is 0 Å². The van der Waals surface area contributed by atoms with Gasteiger partial charge in [-0.2, -0.15) is 0 Å². The average molecular weight is 371 g/mol. The summed E-state index contributed by atoms with van der Waals surface area (Å²) in [6.07, 6.45) is 2.43. The van der Waals surface area contributed by atoms with E-state index in [4.69, 9.17) is 4.74 Å². The second kappa shape index (κ2) is 7.75. The Bertz CT molecular complexity index is 733. The standard InChI is InChI=1S/C23H30O2S/c1-5-19-16-23(24,13-14-25-19)18-7-6-8-21(15-18)26-20-11-9-17(10-12-20)22(2,3)4/h6-12,15,19,24H,5,13-14,16H2,1-4H3. The fourth-order valence-electron chi connectivity index (χ4n) is 3.46. The SMILES string of the molecule is CCC1CC(O)(c2cccc(Sc3ccc(C(C)(C)C)cc3)c2)CCO1. The third kappa shape index (κ3) is 4.51. The molecule has 0 saturated carbocycles. The average Bonchev–Trinajstić information content (AvgIpc) is 2.62. The molecule has 0 radical (unpaired) electrons. The first-order chi connectivity index (χ1) is 12.3. The molecule has 2 atom stereocenters. The lowest BCUT2D eigenvalue weighted by Crippen LogP contribution is -2.38. The van der Waals surface area contributed by atoms with Gasteiger partial charge in [0.2, 0.25) is 0 Å². The molecule has 2 aromatic carbocycles. The highest BCUT2D eigenvalue weighted by molar-refractivity contribution is 7.99. The summed E-state index contributed by atoms with van der Waals surface area (Å²) >= 11 is 1.75. The summed E-state index contributed by atoms with van der Waals surface area (Å²) in [5.74, 6) is 0. The van der Waals surface area contributed by atoms with Crippen molar-refractivity contribution in [3.63, 3.8) is 0 Å². The summed E-state index contributed by atoms with van der Waals surface area (Å²) < 4.78 is 5.74. The summed E-state index contributed by atoms with van der Waals surface area (Å²) in [5.41, 5.74) is 1.75. The minimum absolute atomic E-state index is 0.148. The van der Waals surface area contributed by atoms with Gasteiger partial charge in [0, 0.05) is 22.6 Å². The number of aliphatic hydroxyl groups is 1. The van der Waals surface area contributed by atoms with E-state index in [1.54, 1.807) is 11.8 Å². The Morgan fingerprint density at radius 1 is 1.12 bits per heavy atom. The molecule has 1 N–H and O–H groups in total. The van der Waals surface area contributed by atoms with Crippen LogP contribution in [0.3, 0.4) is 0 Å². The van der Waals surface area contributed by atoms with Crippen molar-refractivity contribution in [2.75, 3.05) is 6.61 Å². The summed E-state index contributed by atoms with van der Waals surface area (Å²) in [7, 11) is 0. The highest BCUT2D eigenvalue weighted by atomic mass is 32.2. The maximum absolute atomic E-state index is 11.2. The molecular weight excluding hydrogens is 340 g/mol. The topological polar surface area (TPSA) is 29.5 Å². The minimum Gasteiger partial charge on any atom is -0.385 e. The molecule has 2 nitrogen and oxygen atoms in total. The molecule has 0 aliphatic carbocycles. The van der Waals surface area contributed by atoms with Crippen molar-refractivity contribution in [1.82, 2.24) is 0 Å². The van der Waals surface area contributed by atoms with E-state index in [1.165, 1.54) is 15.4 Å². The molecule has 140 valence electrons. The van der Waals surface area contributed by atoms with Crippen molar-refractivity contribution in [2.24, 2.45) is 0 Å². The Kier molecular flexibility index (Phi) is 5.81. The van der Waals surface area contributed by atoms with Crippen LogP contribution >= 0.6 is 11.8 Å². The molecule has 1 heterocycles. The minimum atomic E-state index is -0.772. The zero-order valence-corrected chi connectivity index (χ0v) is 17.1. The zero-order valence-electron chi connectivity index (χ0n) is 16.3. The van der Waals surface area contributed by atoms with Crippen molar-refractivity contribution in [3.05, 3.63) is 59.7 Å². The molecule has 0 amide bonds. The number of rotatable bonds is 4. The molecule has 1 aliphatic rings. The molecule has 0 bridgehead atoms. The third-order valence-electron chi connectivity index (χ3n) is 5.22. The predicted molar refractivity (Wildman–Crippen MR) is 109 cm³/mol. The van der Waals surface area contributed by atoms with Crippen LogP contribution in [0.25, 0.3) is 0 Å². The van der Waals surface area contributed by atoms with Gasteiger partial charge in [-0.05, 0) is 47.2 Å². The number of ether oxygens (including phenoxy) is 1. The van der Waals surface area contributed by atoms with E-state index in [2.05, 4.69) is 70.2 Å². The van der Waals surface area contributed by atoms with Crippen LogP contribution in [0.4, 0.5) is 0 Å². The molecule has 1 aliphatic heterocycles. The Balaban J connectivity index is 1.77. The lowest BCUT2D eigenvalue weighted by atomic mass is 9.83. The Morgan fingerprint density at radius 3 is 2.50 bits per heavy atom. The van der Waals surface area contributed by atoms with Gasteiger partial charge in [-0.1, -0.05) is 63.7 Å². The maximum Gasteiger partial charge on any atom is 0.0943 e. The van der Waals surface area contributed by atoms with Crippen LogP contribution in [-0.4, -0.2) is 17.8 Å². The van der Waals surface area contributed by atoms with Crippen molar-refractivity contribution < 1.29 is 9.84 Å². The van der Waals surface area contributed by atoms with Gasteiger partial charge >= 0.3 is 0 Å². The van der Waals surface area contributed by atoms with E-state index >= 15 is 0 Å². The molecule has 0 spiro atoms. The smallest absolute Gasteiger partial charge is 0.0943 e. The molecular formula is C23H30O2S. The lowest BCUT2D eigenvalue weighted by Gasteiger charge is -2.37. The third-order valence-corrected chi connectivity index (χ3v) is 6.21. The van der Waals surface area contributed by atoms with Gasteiger partial charge in [0.1, 0.15) is 0 Å². The summed E-state index contributed by atoms with van der Waals surface area (Å²) in [5, 5.41) is 11.2. The molecule has 0 aromatic heterocycles. The fourth-order valence-corrected chi connectivity index (χ4v) is 4.34. The number of hydrogen-bond acceptors (Lipinski definition) is 3. The largest absolute Gasteiger partial charge is 0.385 e. The summed E-state index contributed by atoms with van der Waals surface area (Å²) in [6, 6.07) is 17.2. The maximum atomic E-state index is 11.2. The van der Waals surface area contributed by atoms with Gasteiger partial charge < -0.3 is 9.84 Å². The van der Waals surface area contributed by atoms with E-state index in [9.17, 15) is 5.11 Å². The monoisotopic (exact) mass is 370 g/mol. The van der Waals surface area contributed by atoms with Crippen LogP contribution in [0.1, 0.15) is 58.1 Å². The van der Waals surface area contributed by atoms with E-state index in [1.807, 2.05) is 6.07 Å². The molecule has 1 saturated heterocycles. The summed E-state index contributed by atoms with van der Waals surface area (Å²) in [4.78, 5) is 2.39. The Labute approximate surface area is 162 Å². The lowest BCUT2D eigenvalue weighted by molar-refractivity contribution is -0.108. The summed E-state index contributed by atoms with van der Waals surface area (Å²) in [6.45, 7) is 9.44. The van der Waals surface area contributed by atoms with Crippen molar-refractivity contribution in [2.45, 2.75) is 73.9 Å². The van der Waals surface area contributed by atoms with Gasteiger partial charge in [-0.15, -0.1) is 0 Å². The van der Waals surface area contributed by atoms with Crippen LogP contribution in [-0.2, 0) is 15.8 Å².